The largest absolute Gasteiger partial charge is 0.493 e. The molecule has 2 aliphatic rings. The molecule has 3 heterocycles. The average molecular weight is 502 g/mol. The minimum absolute atomic E-state index is 0.0559. The first-order valence-electron chi connectivity index (χ1n) is 11.9. The Labute approximate surface area is 213 Å². The third kappa shape index (κ3) is 4.66. The molecule has 0 saturated carbocycles. The minimum atomic E-state index is -0.415. The third-order valence-corrected chi connectivity index (χ3v) is 6.99. The number of thioether (sulfide) groups is 1. The van der Waals surface area contributed by atoms with Gasteiger partial charge in [-0.1, -0.05) is 43.7 Å². The Morgan fingerprint density at radius 1 is 1.11 bits per heavy atom. The molecule has 2 aliphatic heterocycles. The maximum atomic E-state index is 12.9. The standard InChI is InChI=1S/C27H27N5O3S/c1-3-4-13-24-30-32-25(28)20(26(33)29-27(32)36-24)16-18-17-31(21-10-6-5-9-19(18)21)14-15-35-23-12-8-7-11-22(23)34-2/h5-12,16-17,28H,3-4,13-15H2,1-2H3. The number of nitrogens with one attached hydrogen (secondary N) is 1. The molecule has 0 radical (unpaired) electrons. The van der Waals surface area contributed by atoms with Gasteiger partial charge in [-0.05, 0) is 48.9 Å². The normalized spacial score (nSPS) is 16.4. The fourth-order valence-corrected chi connectivity index (χ4v) is 5.11. The second kappa shape index (κ2) is 10.4. The number of hydrogen-bond donors (Lipinski definition) is 1. The summed E-state index contributed by atoms with van der Waals surface area (Å²) in [7, 11) is 1.62. The molecular formula is C27H27N5O3S. The van der Waals surface area contributed by atoms with Crippen molar-refractivity contribution in [1.82, 2.24) is 9.58 Å². The summed E-state index contributed by atoms with van der Waals surface area (Å²) >= 11 is 1.38. The van der Waals surface area contributed by atoms with Crippen LogP contribution in [0, 0.1) is 5.41 Å². The molecule has 1 aromatic heterocycles. The van der Waals surface area contributed by atoms with Crippen LogP contribution in [0.5, 0.6) is 11.5 Å². The number of rotatable bonds is 9. The van der Waals surface area contributed by atoms with E-state index in [0.717, 1.165) is 40.8 Å². The molecule has 184 valence electrons. The lowest BCUT2D eigenvalue weighted by atomic mass is 10.1. The fourth-order valence-electron chi connectivity index (χ4n) is 4.18. The molecule has 0 bridgehead atoms. The number of methoxy groups -OCH3 is 1. The van der Waals surface area contributed by atoms with Crippen LogP contribution < -0.4 is 9.47 Å². The first-order chi connectivity index (χ1) is 17.6. The van der Waals surface area contributed by atoms with Crippen molar-refractivity contribution in [3.05, 3.63) is 65.9 Å². The van der Waals surface area contributed by atoms with Gasteiger partial charge >= 0.3 is 0 Å². The number of fused-ring (bicyclic) bond motifs is 2. The molecule has 0 unspecified atom stereocenters. The first-order valence-corrected chi connectivity index (χ1v) is 12.7. The zero-order valence-electron chi connectivity index (χ0n) is 20.2. The van der Waals surface area contributed by atoms with Gasteiger partial charge in [-0.25, -0.2) is 0 Å². The molecule has 2 aromatic carbocycles. The van der Waals surface area contributed by atoms with E-state index in [1.807, 2.05) is 54.7 Å². The van der Waals surface area contributed by atoms with Crippen LogP contribution in [0.2, 0.25) is 0 Å². The summed E-state index contributed by atoms with van der Waals surface area (Å²) in [4.78, 5) is 17.1. The van der Waals surface area contributed by atoms with E-state index in [9.17, 15) is 4.79 Å². The summed E-state index contributed by atoms with van der Waals surface area (Å²) in [6.07, 6.45) is 6.62. The number of hydrogen-bond acceptors (Lipinski definition) is 6. The summed E-state index contributed by atoms with van der Waals surface area (Å²) in [5, 5.41) is 17.0. The number of aromatic nitrogens is 1. The van der Waals surface area contributed by atoms with E-state index in [2.05, 4.69) is 21.6 Å². The van der Waals surface area contributed by atoms with Crippen molar-refractivity contribution in [2.24, 2.45) is 10.1 Å². The Morgan fingerprint density at radius 3 is 2.69 bits per heavy atom. The summed E-state index contributed by atoms with van der Waals surface area (Å²) < 4.78 is 13.4. The van der Waals surface area contributed by atoms with Gasteiger partial charge in [0.15, 0.2) is 17.3 Å². The van der Waals surface area contributed by atoms with Crippen LogP contribution in [0.15, 0.2) is 70.4 Å². The number of benzene rings is 2. The highest BCUT2D eigenvalue weighted by Crippen LogP contribution is 2.31. The molecule has 9 heteroatoms. The van der Waals surface area contributed by atoms with Gasteiger partial charge in [0.25, 0.3) is 5.91 Å². The van der Waals surface area contributed by atoms with Crippen LogP contribution in [0.25, 0.3) is 17.0 Å². The number of carbonyl (C=O) groups excluding carboxylic acids is 1. The number of unbranched alkanes of at least 4 members (excludes halogenated alkanes) is 1. The molecule has 0 spiro atoms. The Kier molecular flexibility index (Phi) is 6.90. The van der Waals surface area contributed by atoms with Gasteiger partial charge in [-0.2, -0.15) is 15.1 Å². The molecule has 8 nitrogen and oxygen atoms in total. The summed E-state index contributed by atoms with van der Waals surface area (Å²) in [6, 6.07) is 15.5. The molecular weight excluding hydrogens is 474 g/mol. The molecule has 0 saturated heterocycles. The van der Waals surface area contributed by atoms with Crippen LogP contribution in [-0.4, -0.2) is 45.2 Å². The number of amidine groups is 2. The monoisotopic (exact) mass is 501 g/mol. The van der Waals surface area contributed by atoms with Gasteiger partial charge in [0, 0.05) is 22.7 Å². The molecule has 36 heavy (non-hydrogen) atoms. The van der Waals surface area contributed by atoms with E-state index < -0.39 is 5.91 Å². The molecule has 1 amide bonds. The SMILES string of the molecule is CCCCC1=NN2C(=N)C(=Cc3cn(CCOc4ccccc4OC)c4ccccc34)C(=O)N=C2S1. The number of ether oxygens (including phenoxy) is 2. The number of para-hydroxylation sites is 3. The van der Waals surface area contributed by atoms with Crippen molar-refractivity contribution in [3.63, 3.8) is 0 Å². The van der Waals surface area contributed by atoms with Crippen molar-refractivity contribution in [3.8, 4) is 11.5 Å². The van der Waals surface area contributed by atoms with Crippen LogP contribution in [-0.2, 0) is 11.3 Å². The van der Waals surface area contributed by atoms with Crippen LogP contribution in [0.4, 0.5) is 0 Å². The number of hydrazone groups is 1. The van der Waals surface area contributed by atoms with E-state index in [0.29, 0.717) is 29.8 Å². The summed E-state index contributed by atoms with van der Waals surface area (Å²) in [5.41, 5.74) is 2.09. The van der Waals surface area contributed by atoms with Crippen LogP contribution in [0.3, 0.4) is 0 Å². The Hall–Kier alpha value is -3.85. The maximum Gasteiger partial charge on any atom is 0.283 e. The number of carbonyl (C=O) groups is 1. The van der Waals surface area contributed by atoms with Crippen molar-refractivity contribution in [1.29, 1.82) is 5.41 Å². The highest BCUT2D eigenvalue weighted by Gasteiger charge is 2.35. The second-order valence-electron chi connectivity index (χ2n) is 8.41. The first kappa shape index (κ1) is 23.9. The smallest absolute Gasteiger partial charge is 0.283 e. The van der Waals surface area contributed by atoms with E-state index in [-0.39, 0.29) is 11.4 Å². The van der Waals surface area contributed by atoms with Gasteiger partial charge in [0.05, 0.1) is 19.2 Å². The lowest BCUT2D eigenvalue weighted by Crippen LogP contribution is -2.35. The van der Waals surface area contributed by atoms with Gasteiger partial charge in [-0.15, -0.1) is 0 Å². The minimum Gasteiger partial charge on any atom is -0.493 e. The van der Waals surface area contributed by atoms with Gasteiger partial charge in [0.2, 0.25) is 5.17 Å². The lowest BCUT2D eigenvalue weighted by Gasteiger charge is -2.20. The Bertz CT molecular complexity index is 1420. The van der Waals surface area contributed by atoms with E-state index in [1.165, 1.54) is 16.8 Å². The van der Waals surface area contributed by atoms with Crippen molar-refractivity contribution < 1.29 is 14.3 Å². The summed E-state index contributed by atoms with van der Waals surface area (Å²) in [5.74, 6) is 1.02. The molecule has 3 aromatic rings. The van der Waals surface area contributed by atoms with Crippen LogP contribution >= 0.6 is 11.8 Å². The van der Waals surface area contributed by atoms with Gasteiger partial charge in [0.1, 0.15) is 11.7 Å². The summed E-state index contributed by atoms with van der Waals surface area (Å²) in [6.45, 7) is 3.17. The third-order valence-electron chi connectivity index (χ3n) is 6.02. The predicted octanol–water partition coefficient (Wildman–Crippen LogP) is 5.54. The number of aliphatic imine (C=N–C) groups is 1. The molecule has 0 fully saturated rings. The molecule has 0 aliphatic carbocycles. The number of amides is 1. The second-order valence-corrected chi connectivity index (χ2v) is 9.45. The van der Waals surface area contributed by atoms with Crippen LogP contribution in [0.1, 0.15) is 31.7 Å². The predicted molar refractivity (Wildman–Crippen MR) is 145 cm³/mol. The Balaban J connectivity index is 1.40. The average Bonchev–Trinajstić information content (AvgIpc) is 3.47. The van der Waals surface area contributed by atoms with Gasteiger partial charge in [-0.3, -0.25) is 10.2 Å². The highest BCUT2D eigenvalue weighted by molar-refractivity contribution is 8.26. The zero-order valence-corrected chi connectivity index (χ0v) is 21.0. The molecule has 0 atom stereocenters. The fraction of sp³-hybridized carbons (Fsp3) is 0.259. The maximum absolute atomic E-state index is 12.9. The Morgan fingerprint density at radius 2 is 1.89 bits per heavy atom. The zero-order chi connectivity index (χ0) is 25.1. The van der Waals surface area contributed by atoms with Crippen molar-refractivity contribution in [2.45, 2.75) is 32.7 Å². The van der Waals surface area contributed by atoms with E-state index in [1.54, 1.807) is 13.2 Å². The number of nitrogens with zero attached hydrogens (tertiary/aromatic N) is 4. The van der Waals surface area contributed by atoms with Crippen molar-refractivity contribution in [2.75, 3.05) is 13.7 Å². The van der Waals surface area contributed by atoms with E-state index >= 15 is 0 Å². The quantitative estimate of drug-likeness (QED) is 0.389. The van der Waals surface area contributed by atoms with Gasteiger partial charge < -0.3 is 14.0 Å². The highest BCUT2D eigenvalue weighted by atomic mass is 32.2. The van der Waals surface area contributed by atoms with Crippen molar-refractivity contribution >= 4 is 50.7 Å². The topological polar surface area (TPSA) is 92.3 Å². The van der Waals surface area contributed by atoms with E-state index in [4.69, 9.17) is 14.9 Å². The molecule has 1 N–H and O–H groups in total. The molecule has 5 rings (SSSR count). The lowest BCUT2D eigenvalue weighted by molar-refractivity contribution is -0.114.